The highest BCUT2D eigenvalue weighted by Crippen LogP contribution is 2.48. The topological polar surface area (TPSA) is 39.2 Å². The van der Waals surface area contributed by atoms with Gasteiger partial charge in [-0.3, -0.25) is 9.78 Å². The van der Waals surface area contributed by atoms with Gasteiger partial charge >= 0.3 is 5.97 Å². The number of halogens is 2. The summed E-state index contributed by atoms with van der Waals surface area (Å²) in [6, 6.07) is 6.25. The van der Waals surface area contributed by atoms with E-state index in [4.69, 9.17) is 4.74 Å². The number of carbonyl (C=O) groups excluding carboxylic acids is 1. The lowest BCUT2D eigenvalue weighted by Crippen LogP contribution is -2.34. The number of ether oxygens (including phenoxy) is 1. The number of hydrogen-bond donors (Lipinski definition) is 0. The van der Waals surface area contributed by atoms with Crippen molar-refractivity contribution < 1.29 is 18.3 Å². The van der Waals surface area contributed by atoms with Crippen LogP contribution in [-0.2, 0) is 14.9 Å². The zero-order valence-corrected chi connectivity index (χ0v) is 15.4. The van der Waals surface area contributed by atoms with E-state index in [-0.39, 0.29) is 5.82 Å². The van der Waals surface area contributed by atoms with E-state index in [9.17, 15) is 13.6 Å². The molecule has 1 aromatic heterocycles. The molecule has 1 saturated carbocycles. The second kappa shape index (κ2) is 6.55. The molecule has 0 N–H and O–H groups in total. The molecule has 27 heavy (non-hydrogen) atoms. The third kappa shape index (κ3) is 2.95. The first-order valence-corrected chi connectivity index (χ1v) is 9.18. The lowest BCUT2D eigenvalue weighted by Gasteiger charge is -2.26. The van der Waals surface area contributed by atoms with Crippen LogP contribution in [0.2, 0.25) is 0 Å². The van der Waals surface area contributed by atoms with Crippen molar-refractivity contribution in [1.29, 1.82) is 0 Å². The van der Waals surface area contributed by atoms with Gasteiger partial charge in [-0.05, 0) is 61.4 Å². The van der Waals surface area contributed by atoms with Gasteiger partial charge in [-0.15, -0.1) is 0 Å². The summed E-state index contributed by atoms with van der Waals surface area (Å²) in [6.07, 6.45) is 6.21. The number of rotatable bonds is 4. The molecule has 5 heteroatoms. The molecule has 0 saturated heterocycles. The van der Waals surface area contributed by atoms with Crippen LogP contribution in [0.3, 0.4) is 0 Å². The van der Waals surface area contributed by atoms with E-state index in [1.165, 1.54) is 25.4 Å². The Morgan fingerprint density at radius 2 is 2.07 bits per heavy atom. The maximum atomic E-state index is 14.2. The molecule has 3 nitrogen and oxygen atoms in total. The Morgan fingerprint density at radius 3 is 2.78 bits per heavy atom. The largest absolute Gasteiger partial charge is 0.468 e. The van der Waals surface area contributed by atoms with Gasteiger partial charge in [0.15, 0.2) is 0 Å². The Hall–Kier alpha value is -2.56. The van der Waals surface area contributed by atoms with E-state index < -0.39 is 17.2 Å². The summed E-state index contributed by atoms with van der Waals surface area (Å²) in [6.45, 7) is 1.67. The third-order valence-electron chi connectivity index (χ3n) is 5.70. The van der Waals surface area contributed by atoms with E-state index in [1.54, 1.807) is 19.1 Å². The quantitative estimate of drug-likeness (QED) is 0.725. The molecule has 1 heterocycles. The first kappa shape index (κ1) is 17.8. The van der Waals surface area contributed by atoms with Crippen molar-refractivity contribution in [3.8, 4) is 0 Å². The molecule has 1 aromatic carbocycles. The Bertz CT molecular complexity index is 949. The van der Waals surface area contributed by atoms with E-state index in [2.05, 4.69) is 4.98 Å². The van der Waals surface area contributed by atoms with Crippen LogP contribution in [-0.4, -0.2) is 18.1 Å². The molecule has 2 aliphatic carbocycles. The molecule has 0 aliphatic heterocycles. The Balaban J connectivity index is 1.87. The number of carbonyl (C=O) groups is 1. The minimum absolute atomic E-state index is 0.352. The molecule has 2 aliphatic rings. The number of esters is 1. The van der Waals surface area contributed by atoms with Gasteiger partial charge in [-0.2, -0.15) is 0 Å². The second-order valence-corrected chi connectivity index (χ2v) is 7.41. The SMILES string of the molecule is COC(=O)[C@]1(c2cccc(F)c2C)C=C(c2cc(F)cnc2C2CC2)CC1. The Labute approximate surface area is 157 Å². The maximum Gasteiger partial charge on any atom is 0.320 e. The third-order valence-corrected chi connectivity index (χ3v) is 5.70. The highest BCUT2D eigenvalue weighted by molar-refractivity contribution is 5.91. The summed E-state index contributed by atoms with van der Waals surface area (Å²) in [5.74, 6) is -0.828. The lowest BCUT2D eigenvalue weighted by molar-refractivity contribution is -0.145. The molecule has 0 radical (unpaired) electrons. The van der Waals surface area contributed by atoms with Gasteiger partial charge in [-0.1, -0.05) is 18.2 Å². The molecule has 0 bridgehead atoms. The van der Waals surface area contributed by atoms with Gasteiger partial charge in [0, 0.05) is 11.5 Å². The number of pyridine rings is 1. The fourth-order valence-electron chi connectivity index (χ4n) is 4.13. The average molecular weight is 369 g/mol. The zero-order chi connectivity index (χ0) is 19.2. The van der Waals surface area contributed by atoms with Gasteiger partial charge < -0.3 is 4.74 Å². The van der Waals surface area contributed by atoms with Gasteiger partial charge in [0.2, 0.25) is 0 Å². The highest BCUT2D eigenvalue weighted by atomic mass is 19.1. The van der Waals surface area contributed by atoms with Crippen LogP contribution in [0.15, 0.2) is 36.5 Å². The monoisotopic (exact) mass is 369 g/mol. The molecule has 0 amide bonds. The Kier molecular flexibility index (Phi) is 4.33. The normalized spacial score (nSPS) is 21.9. The number of methoxy groups -OCH3 is 1. The number of aromatic nitrogens is 1. The Morgan fingerprint density at radius 1 is 1.30 bits per heavy atom. The summed E-state index contributed by atoms with van der Waals surface area (Å²) in [5.41, 5.74) is 2.49. The summed E-state index contributed by atoms with van der Waals surface area (Å²) in [5, 5.41) is 0. The number of allylic oxidation sites excluding steroid dienone is 1. The number of nitrogens with zero attached hydrogens (tertiary/aromatic N) is 1. The van der Waals surface area contributed by atoms with Gasteiger partial charge in [0.25, 0.3) is 0 Å². The van der Waals surface area contributed by atoms with Crippen LogP contribution in [0.4, 0.5) is 8.78 Å². The molecule has 2 aromatic rings. The molecule has 1 fully saturated rings. The molecule has 140 valence electrons. The molecular weight excluding hydrogens is 348 g/mol. The minimum Gasteiger partial charge on any atom is -0.468 e. The van der Waals surface area contributed by atoms with Gasteiger partial charge in [0.1, 0.15) is 17.0 Å². The highest BCUT2D eigenvalue weighted by Gasteiger charge is 2.45. The van der Waals surface area contributed by atoms with E-state index in [0.717, 1.165) is 29.7 Å². The standard InChI is InChI=1S/C22H21F2NO2/c1-13-18(4-3-5-19(13)24)22(21(26)27-2)9-8-15(11-22)17-10-16(23)12-25-20(17)14-6-7-14/h3-5,10-12,14H,6-9H2,1-2H3/t22-/m0/s1. The van der Waals surface area contributed by atoms with Crippen molar-refractivity contribution in [1.82, 2.24) is 4.98 Å². The van der Waals surface area contributed by atoms with Crippen molar-refractivity contribution in [2.45, 2.75) is 43.9 Å². The van der Waals surface area contributed by atoms with Crippen molar-refractivity contribution >= 4 is 11.5 Å². The number of benzene rings is 1. The molecule has 0 spiro atoms. The average Bonchev–Trinajstić information content (AvgIpc) is 3.41. The minimum atomic E-state index is -1.07. The fraction of sp³-hybridized carbons (Fsp3) is 0.364. The molecule has 1 atom stereocenters. The fourth-order valence-corrected chi connectivity index (χ4v) is 4.13. The molecule has 0 unspecified atom stereocenters. The van der Waals surface area contributed by atoms with Crippen LogP contribution < -0.4 is 0 Å². The maximum absolute atomic E-state index is 14.2. The number of hydrogen-bond acceptors (Lipinski definition) is 3. The first-order chi connectivity index (χ1) is 13.0. The second-order valence-electron chi connectivity index (χ2n) is 7.41. The predicted molar refractivity (Wildman–Crippen MR) is 98.2 cm³/mol. The van der Waals surface area contributed by atoms with E-state index in [1.807, 2.05) is 6.08 Å². The van der Waals surface area contributed by atoms with Crippen LogP contribution in [0, 0.1) is 18.6 Å². The van der Waals surface area contributed by atoms with Crippen LogP contribution in [0.1, 0.15) is 54.0 Å². The van der Waals surface area contributed by atoms with Gasteiger partial charge in [-0.25, -0.2) is 8.78 Å². The van der Waals surface area contributed by atoms with Crippen molar-refractivity contribution in [3.63, 3.8) is 0 Å². The summed E-state index contributed by atoms with van der Waals surface area (Å²) >= 11 is 0. The smallest absolute Gasteiger partial charge is 0.320 e. The summed E-state index contributed by atoms with van der Waals surface area (Å²) in [7, 11) is 1.34. The van der Waals surface area contributed by atoms with E-state index in [0.29, 0.717) is 29.9 Å². The van der Waals surface area contributed by atoms with Gasteiger partial charge in [0.05, 0.1) is 19.0 Å². The predicted octanol–water partition coefficient (Wildman–Crippen LogP) is 4.83. The zero-order valence-electron chi connectivity index (χ0n) is 15.4. The van der Waals surface area contributed by atoms with Crippen LogP contribution in [0.5, 0.6) is 0 Å². The van der Waals surface area contributed by atoms with Crippen molar-refractivity contribution in [3.05, 3.63) is 70.6 Å². The summed E-state index contributed by atoms with van der Waals surface area (Å²) in [4.78, 5) is 17.1. The summed E-state index contributed by atoms with van der Waals surface area (Å²) < 4.78 is 33.2. The van der Waals surface area contributed by atoms with Crippen LogP contribution in [0.25, 0.3) is 5.57 Å². The first-order valence-electron chi connectivity index (χ1n) is 9.18. The lowest BCUT2D eigenvalue weighted by atomic mass is 9.77. The molecular formula is C22H21F2NO2. The van der Waals surface area contributed by atoms with Crippen molar-refractivity contribution in [2.75, 3.05) is 7.11 Å². The van der Waals surface area contributed by atoms with Crippen LogP contribution >= 0.6 is 0 Å². The van der Waals surface area contributed by atoms with Crippen molar-refractivity contribution in [2.24, 2.45) is 0 Å². The molecule has 4 rings (SSSR count). The van der Waals surface area contributed by atoms with E-state index >= 15 is 0 Å².